The van der Waals surface area contributed by atoms with Crippen molar-refractivity contribution in [2.24, 2.45) is 0 Å². The van der Waals surface area contributed by atoms with Crippen molar-refractivity contribution in [1.82, 2.24) is 19.5 Å². The first-order valence-electron chi connectivity index (χ1n) is 20.4. The first kappa shape index (κ1) is 35.1. The molecular formula is C55H35N5S. The van der Waals surface area contributed by atoms with Crippen LogP contribution in [0.1, 0.15) is 0 Å². The van der Waals surface area contributed by atoms with Crippen molar-refractivity contribution in [2.45, 2.75) is 0 Å². The Morgan fingerprint density at radius 3 is 1.48 bits per heavy atom. The quantitative estimate of drug-likeness (QED) is 0.161. The average Bonchev–Trinajstić information content (AvgIpc) is 3.85. The molecule has 0 aliphatic carbocycles. The number of fused-ring (bicyclic) bond motifs is 7. The number of para-hydroxylation sites is 2. The Kier molecular flexibility index (Phi) is 8.28. The molecule has 0 bridgehead atoms. The van der Waals surface area contributed by atoms with Crippen LogP contribution in [0.3, 0.4) is 0 Å². The van der Waals surface area contributed by atoms with Crippen molar-refractivity contribution in [3.05, 3.63) is 212 Å². The van der Waals surface area contributed by atoms with Gasteiger partial charge in [0.2, 0.25) is 0 Å². The highest BCUT2D eigenvalue weighted by Gasteiger charge is 2.19. The third-order valence-corrected chi connectivity index (χ3v) is 12.7. The third-order valence-electron chi connectivity index (χ3n) is 11.6. The molecule has 12 aromatic rings. The van der Waals surface area contributed by atoms with Gasteiger partial charge in [-0.05, 0) is 108 Å². The molecule has 3 aromatic heterocycles. The topological polar surface area (TPSA) is 46.8 Å². The summed E-state index contributed by atoms with van der Waals surface area (Å²) < 4.78 is 5.02. The van der Waals surface area contributed by atoms with Crippen LogP contribution in [0, 0.1) is 0 Å². The zero-order valence-electron chi connectivity index (χ0n) is 32.9. The SMILES string of the molecule is c1ccc(-c2nc(-c3ccccc3)nc(-c3ccc(-n4c5ccc(N(c6ccccc6)c6ccccc6)cc5c5cc6cc7sc8ccccc8c7cc6cc54)cc3)n2)cc1. The summed E-state index contributed by atoms with van der Waals surface area (Å²) in [5.41, 5.74) is 9.46. The predicted octanol–water partition coefficient (Wildman–Crippen LogP) is 15.0. The second-order valence-corrected chi connectivity index (χ2v) is 16.4. The maximum atomic E-state index is 5.01. The molecule has 0 aliphatic rings. The van der Waals surface area contributed by atoms with E-state index in [-0.39, 0.29) is 0 Å². The van der Waals surface area contributed by atoms with E-state index >= 15 is 0 Å². The Morgan fingerprint density at radius 1 is 0.344 bits per heavy atom. The van der Waals surface area contributed by atoms with E-state index in [1.165, 1.54) is 41.7 Å². The lowest BCUT2D eigenvalue weighted by atomic mass is 10.0. The van der Waals surface area contributed by atoms with Gasteiger partial charge in [0, 0.05) is 70.4 Å². The van der Waals surface area contributed by atoms with Crippen LogP contribution in [0.2, 0.25) is 0 Å². The van der Waals surface area contributed by atoms with Gasteiger partial charge in [-0.3, -0.25) is 0 Å². The fourth-order valence-corrected chi connectivity index (χ4v) is 9.83. The zero-order valence-corrected chi connectivity index (χ0v) is 33.7. The summed E-state index contributed by atoms with van der Waals surface area (Å²) in [4.78, 5) is 17.3. The second kappa shape index (κ2) is 14.4. The van der Waals surface area contributed by atoms with Crippen LogP contribution in [0.25, 0.3) is 92.6 Å². The third kappa shape index (κ3) is 6.12. The molecule has 0 amide bonds. The first-order valence-corrected chi connectivity index (χ1v) is 21.2. The van der Waals surface area contributed by atoms with E-state index < -0.39 is 0 Å². The summed E-state index contributed by atoms with van der Waals surface area (Å²) in [7, 11) is 0. The lowest BCUT2D eigenvalue weighted by molar-refractivity contribution is 1.07. The Balaban J connectivity index is 1.06. The van der Waals surface area contributed by atoms with Gasteiger partial charge < -0.3 is 9.47 Å². The van der Waals surface area contributed by atoms with E-state index in [1.54, 1.807) is 0 Å². The van der Waals surface area contributed by atoms with Crippen molar-refractivity contribution in [2.75, 3.05) is 4.90 Å². The highest BCUT2D eigenvalue weighted by Crippen LogP contribution is 2.43. The highest BCUT2D eigenvalue weighted by molar-refractivity contribution is 7.25. The summed E-state index contributed by atoms with van der Waals surface area (Å²) in [6.07, 6.45) is 0. The number of hydrogen-bond donors (Lipinski definition) is 0. The van der Waals surface area contributed by atoms with Crippen molar-refractivity contribution in [3.8, 4) is 39.9 Å². The smallest absolute Gasteiger partial charge is 0.164 e. The van der Waals surface area contributed by atoms with E-state index in [9.17, 15) is 0 Å². The molecule has 0 spiro atoms. The maximum absolute atomic E-state index is 5.01. The molecule has 286 valence electrons. The zero-order chi connectivity index (χ0) is 40.3. The van der Waals surface area contributed by atoms with Gasteiger partial charge in [-0.1, -0.05) is 115 Å². The summed E-state index contributed by atoms with van der Waals surface area (Å²) in [6.45, 7) is 0. The Morgan fingerprint density at radius 2 is 0.852 bits per heavy atom. The van der Waals surface area contributed by atoms with Crippen molar-refractivity contribution < 1.29 is 0 Å². The van der Waals surface area contributed by atoms with Crippen molar-refractivity contribution >= 4 is 81.1 Å². The fourth-order valence-electron chi connectivity index (χ4n) is 8.69. The Bertz CT molecular complexity index is 3470. The molecule has 0 fully saturated rings. The van der Waals surface area contributed by atoms with Gasteiger partial charge in [-0.15, -0.1) is 11.3 Å². The number of nitrogens with zero attached hydrogens (tertiary/aromatic N) is 5. The molecule has 0 radical (unpaired) electrons. The lowest BCUT2D eigenvalue weighted by Gasteiger charge is -2.25. The van der Waals surface area contributed by atoms with E-state index in [1.807, 2.05) is 72.0 Å². The number of aromatic nitrogens is 4. The van der Waals surface area contributed by atoms with Gasteiger partial charge in [0.05, 0.1) is 11.0 Å². The maximum Gasteiger partial charge on any atom is 0.164 e. The summed E-state index contributed by atoms with van der Waals surface area (Å²) >= 11 is 1.86. The molecule has 0 aliphatic heterocycles. The Labute approximate surface area is 356 Å². The van der Waals surface area contributed by atoms with Gasteiger partial charge in [0.1, 0.15) is 0 Å². The normalized spacial score (nSPS) is 11.6. The van der Waals surface area contributed by atoms with Crippen molar-refractivity contribution in [1.29, 1.82) is 0 Å². The van der Waals surface area contributed by atoms with Gasteiger partial charge in [0.25, 0.3) is 0 Å². The molecule has 0 saturated heterocycles. The molecule has 6 heteroatoms. The van der Waals surface area contributed by atoms with Crippen LogP contribution in [0.5, 0.6) is 0 Å². The predicted molar refractivity (Wildman–Crippen MR) is 256 cm³/mol. The van der Waals surface area contributed by atoms with Crippen LogP contribution in [-0.2, 0) is 0 Å². The molecule has 5 nitrogen and oxygen atoms in total. The van der Waals surface area contributed by atoms with Crippen molar-refractivity contribution in [3.63, 3.8) is 0 Å². The Hall–Kier alpha value is -7.93. The van der Waals surface area contributed by atoms with Gasteiger partial charge in [-0.25, -0.2) is 15.0 Å². The number of anilines is 3. The van der Waals surface area contributed by atoms with Crippen LogP contribution < -0.4 is 4.90 Å². The molecule has 0 saturated carbocycles. The molecular weight excluding hydrogens is 763 g/mol. The minimum atomic E-state index is 0.631. The molecule has 0 unspecified atom stereocenters. The molecule has 12 rings (SSSR count). The number of hydrogen-bond acceptors (Lipinski definition) is 5. The summed E-state index contributed by atoms with van der Waals surface area (Å²) in [5.74, 6) is 1.92. The summed E-state index contributed by atoms with van der Waals surface area (Å²) in [5, 5.41) is 7.43. The minimum absolute atomic E-state index is 0.631. The second-order valence-electron chi connectivity index (χ2n) is 15.3. The first-order chi connectivity index (χ1) is 30.2. The molecule has 3 heterocycles. The number of thiophene rings is 1. The summed E-state index contributed by atoms with van der Waals surface area (Å²) in [6, 6.07) is 75.2. The van der Waals surface area contributed by atoms with E-state index in [0.717, 1.165) is 50.5 Å². The van der Waals surface area contributed by atoms with Gasteiger partial charge in [-0.2, -0.15) is 0 Å². The lowest BCUT2D eigenvalue weighted by Crippen LogP contribution is -2.09. The molecule has 9 aromatic carbocycles. The van der Waals surface area contributed by atoms with E-state index in [4.69, 9.17) is 15.0 Å². The monoisotopic (exact) mass is 797 g/mol. The molecule has 61 heavy (non-hydrogen) atoms. The van der Waals surface area contributed by atoms with Crippen LogP contribution in [0.15, 0.2) is 212 Å². The fraction of sp³-hybridized carbons (Fsp3) is 0. The van der Waals surface area contributed by atoms with E-state index in [0.29, 0.717) is 17.5 Å². The van der Waals surface area contributed by atoms with Crippen LogP contribution >= 0.6 is 11.3 Å². The van der Waals surface area contributed by atoms with Gasteiger partial charge >= 0.3 is 0 Å². The van der Waals surface area contributed by atoms with Crippen LogP contribution in [0.4, 0.5) is 17.1 Å². The number of benzene rings is 9. The van der Waals surface area contributed by atoms with E-state index in [2.05, 4.69) is 161 Å². The average molecular weight is 798 g/mol. The molecule has 0 N–H and O–H groups in total. The molecule has 0 atom stereocenters. The van der Waals surface area contributed by atoms with Gasteiger partial charge in [0.15, 0.2) is 17.5 Å². The highest BCUT2D eigenvalue weighted by atomic mass is 32.1. The largest absolute Gasteiger partial charge is 0.310 e. The van der Waals surface area contributed by atoms with Crippen LogP contribution in [-0.4, -0.2) is 19.5 Å². The standard InChI is InChI=1S/C55H35N5S/c1-5-15-36(16-6-1)53-56-54(37-17-7-2-8-18-37)58-55(57-53)38-25-27-43(28-26-38)60-49-30-29-44(59(41-19-9-3-10-20-41)42-21-11-4-12-22-42)35-47(49)46-31-40-34-52-48(32-39(40)33-50(46)60)45-23-13-14-24-51(45)61-52/h1-35H. The number of rotatable bonds is 7. The minimum Gasteiger partial charge on any atom is -0.310 e.